The van der Waals surface area contributed by atoms with Crippen LogP contribution in [0, 0.1) is 0 Å². The van der Waals surface area contributed by atoms with E-state index in [1.54, 1.807) is 0 Å². The van der Waals surface area contributed by atoms with Crippen molar-refractivity contribution in [1.82, 2.24) is 0 Å². The van der Waals surface area contributed by atoms with Gasteiger partial charge in [0.1, 0.15) is 6.61 Å². The van der Waals surface area contributed by atoms with Crippen LogP contribution in [0.3, 0.4) is 0 Å². The third-order valence-corrected chi connectivity index (χ3v) is 11.4. The number of nitrogens with two attached hydrogens (primary N) is 1. The minimum atomic E-state index is -4.40. The van der Waals surface area contributed by atoms with Crippen LogP contribution in [-0.2, 0) is 32.7 Å². The fraction of sp³-hybridized carbons (Fsp3) is 0.765. The highest BCUT2D eigenvalue weighted by molar-refractivity contribution is 7.47. The Morgan fingerprint density at radius 1 is 0.492 bits per heavy atom. The molecule has 9 nitrogen and oxygen atoms in total. The Balaban J connectivity index is 4.14. The second kappa shape index (κ2) is 47.2. The van der Waals surface area contributed by atoms with Gasteiger partial charge in [0.25, 0.3) is 0 Å². The number of unbranched alkanes of at least 4 members (excludes halogenated alkanes) is 23. The van der Waals surface area contributed by atoms with E-state index in [2.05, 4.69) is 68.5 Å². The second-order valence-corrected chi connectivity index (χ2v) is 17.8. The average molecular weight is 878 g/mol. The molecule has 3 N–H and O–H groups in total. The van der Waals surface area contributed by atoms with Crippen molar-refractivity contribution in [3.05, 3.63) is 60.8 Å². The van der Waals surface area contributed by atoms with Gasteiger partial charge in [-0.25, -0.2) is 4.57 Å². The first kappa shape index (κ1) is 58.7. The molecule has 1 unspecified atom stereocenters. The van der Waals surface area contributed by atoms with E-state index in [-0.39, 0.29) is 32.6 Å². The molecule has 10 heteroatoms. The van der Waals surface area contributed by atoms with Crippen LogP contribution in [0.1, 0.15) is 219 Å². The molecule has 0 aliphatic carbocycles. The van der Waals surface area contributed by atoms with Gasteiger partial charge in [0.15, 0.2) is 6.10 Å². The molecule has 0 rings (SSSR count). The summed E-state index contributed by atoms with van der Waals surface area (Å²) in [6.45, 7) is 3.63. The van der Waals surface area contributed by atoms with Crippen molar-refractivity contribution >= 4 is 19.8 Å². The maximum absolute atomic E-state index is 12.6. The van der Waals surface area contributed by atoms with E-state index in [1.165, 1.54) is 141 Å². The third-order valence-electron chi connectivity index (χ3n) is 10.4. The van der Waals surface area contributed by atoms with Gasteiger partial charge in [-0.3, -0.25) is 18.6 Å². The number of esters is 2. The Hall–Kier alpha value is -2.29. The van der Waals surface area contributed by atoms with Gasteiger partial charge in [0.05, 0.1) is 13.2 Å². The first-order valence-corrected chi connectivity index (χ1v) is 26.3. The molecule has 0 aromatic rings. The molecule has 0 aliphatic rings. The van der Waals surface area contributed by atoms with Crippen molar-refractivity contribution in [3.63, 3.8) is 0 Å². The summed E-state index contributed by atoms with van der Waals surface area (Å²) in [7, 11) is -4.40. The normalized spacial score (nSPS) is 13.7. The van der Waals surface area contributed by atoms with E-state index >= 15 is 0 Å². The molecule has 0 aliphatic heterocycles. The summed E-state index contributed by atoms with van der Waals surface area (Å²) < 4.78 is 32.8. The largest absolute Gasteiger partial charge is 0.472 e. The molecule has 354 valence electrons. The van der Waals surface area contributed by atoms with Gasteiger partial charge < -0.3 is 20.1 Å². The second-order valence-electron chi connectivity index (χ2n) is 16.3. The molecule has 0 heterocycles. The SMILES string of the molecule is CCCCC/C=C/C/C=C/C/C=C/C/C=C/CCCC(=O)O[C@@H](COC(=O)CCC/C=C/CCCCCCCCCCCCCCCCCCCC)COP(=O)(O)OCCN. The molecule has 0 aromatic heterocycles. The molecule has 0 saturated heterocycles. The fourth-order valence-electron chi connectivity index (χ4n) is 6.69. The molecule has 2 atom stereocenters. The standard InChI is InChI=1S/C51H92NO8P/c1-3-5-7-9-11-13-15-17-19-21-22-23-24-25-26-28-29-31-33-35-37-39-41-43-50(53)57-47-49(48-59-61(55,56)58-46-45-52)60-51(54)44-42-40-38-36-34-32-30-27-20-18-16-14-12-10-8-6-4-2/h12,14,18,20,30,32,35-38,49H,3-11,13,15-17,19,21-29,31,33-34,39-48,52H2,1-2H3,(H,55,56)/b14-12+,20-18+,32-30+,37-35+,38-36+/t49-/m0/s1. The molecular formula is C51H92NO8P. The minimum absolute atomic E-state index is 0.0398. The lowest BCUT2D eigenvalue weighted by Gasteiger charge is -2.19. The predicted molar refractivity (Wildman–Crippen MR) is 256 cm³/mol. The Morgan fingerprint density at radius 3 is 1.31 bits per heavy atom. The number of rotatable bonds is 46. The van der Waals surface area contributed by atoms with Gasteiger partial charge in [-0.2, -0.15) is 0 Å². The van der Waals surface area contributed by atoms with Gasteiger partial charge in [-0.05, 0) is 70.6 Å². The first-order chi connectivity index (χ1) is 29.8. The van der Waals surface area contributed by atoms with Crippen LogP contribution in [0.4, 0.5) is 0 Å². The lowest BCUT2D eigenvalue weighted by Crippen LogP contribution is -2.29. The van der Waals surface area contributed by atoms with E-state index in [4.69, 9.17) is 24.3 Å². The Kier molecular flexibility index (Phi) is 45.4. The molecule has 0 radical (unpaired) electrons. The van der Waals surface area contributed by atoms with Crippen LogP contribution in [0.25, 0.3) is 0 Å². The summed E-state index contributed by atoms with van der Waals surface area (Å²) in [5.41, 5.74) is 5.35. The fourth-order valence-corrected chi connectivity index (χ4v) is 7.46. The summed E-state index contributed by atoms with van der Waals surface area (Å²) >= 11 is 0. The highest BCUT2D eigenvalue weighted by atomic mass is 31.2. The lowest BCUT2D eigenvalue weighted by molar-refractivity contribution is -0.161. The van der Waals surface area contributed by atoms with E-state index < -0.39 is 32.5 Å². The quantitative estimate of drug-likeness (QED) is 0.0265. The number of ether oxygens (including phenoxy) is 2. The number of allylic oxidation sites excluding steroid dienone is 10. The predicted octanol–water partition coefficient (Wildman–Crippen LogP) is 14.8. The van der Waals surface area contributed by atoms with Crippen LogP contribution in [-0.4, -0.2) is 49.3 Å². The molecular weight excluding hydrogens is 786 g/mol. The summed E-state index contributed by atoms with van der Waals surface area (Å²) in [5, 5.41) is 0. The summed E-state index contributed by atoms with van der Waals surface area (Å²) in [4.78, 5) is 34.9. The van der Waals surface area contributed by atoms with Crippen LogP contribution < -0.4 is 5.73 Å². The molecule has 0 bridgehead atoms. The molecule has 0 amide bonds. The van der Waals surface area contributed by atoms with E-state index in [9.17, 15) is 19.0 Å². The summed E-state index contributed by atoms with van der Waals surface area (Å²) in [6, 6.07) is 0. The Bertz CT molecular complexity index is 1180. The number of phosphoric ester groups is 1. The number of carbonyl (C=O) groups excluding carboxylic acids is 2. The van der Waals surface area contributed by atoms with Crippen molar-refractivity contribution in [2.24, 2.45) is 5.73 Å². The third kappa shape index (κ3) is 47.0. The first-order valence-electron chi connectivity index (χ1n) is 24.8. The zero-order chi connectivity index (χ0) is 44.6. The molecule has 0 saturated carbocycles. The van der Waals surface area contributed by atoms with Gasteiger partial charge in [0.2, 0.25) is 0 Å². The lowest BCUT2D eigenvalue weighted by atomic mass is 10.0. The highest BCUT2D eigenvalue weighted by Crippen LogP contribution is 2.43. The van der Waals surface area contributed by atoms with Crippen molar-refractivity contribution in [1.29, 1.82) is 0 Å². The molecule has 0 spiro atoms. The van der Waals surface area contributed by atoms with Gasteiger partial charge >= 0.3 is 19.8 Å². The number of hydrogen-bond donors (Lipinski definition) is 2. The van der Waals surface area contributed by atoms with Crippen LogP contribution in [0.5, 0.6) is 0 Å². The maximum Gasteiger partial charge on any atom is 0.472 e. The van der Waals surface area contributed by atoms with Crippen LogP contribution in [0.2, 0.25) is 0 Å². The van der Waals surface area contributed by atoms with Crippen molar-refractivity contribution in [3.8, 4) is 0 Å². The van der Waals surface area contributed by atoms with E-state index in [1.807, 2.05) is 6.08 Å². The zero-order valence-electron chi connectivity index (χ0n) is 39.1. The van der Waals surface area contributed by atoms with E-state index in [0.717, 1.165) is 32.1 Å². The monoisotopic (exact) mass is 878 g/mol. The van der Waals surface area contributed by atoms with Crippen molar-refractivity contribution in [2.75, 3.05) is 26.4 Å². The Labute approximate surface area is 374 Å². The summed E-state index contributed by atoms with van der Waals surface area (Å²) in [5.74, 6) is -0.929. The topological polar surface area (TPSA) is 134 Å². The van der Waals surface area contributed by atoms with Crippen molar-refractivity contribution < 1.29 is 37.6 Å². The number of phosphoric acid groups is 1. The summed E-state index contributed by atoms with van der Waals surface area (Å²) in [6.07, 6.45) is 57.1. The van der Waals surface area contributed by atoms with E-state index in [0.29, 0.717) is 19.3 Å². The van der Waals surface area contributed by atoms with Gasteiger partial charge in [0, 0.05) is 19.4 Å². The zero-order valence-corrected chi connectivity index (χ0v) is 40.0. The van der Waals surface area contributed by atoms with Crippen molar-refractivity contribution in [2.45, 2.75) is 225 Å². The van der Waals surface area contributed by atoms with Gasteiger partial charge in [-0.1, -0.05) is 197 Å². The van der Waals surface area contributed by atoms with Crippen LogP contribution in [0.15, 0.2) is 60.8 Å². The highest BCUT2D eigenvalue weighted by Gasteiger charge is 2.26. The number of carbonyl (C=O) groups is 2. The Morgan fingerprint density at radius 2 is 0.852 bits per heavy atom. The minimum Gasteiger partial charge on any atom is -0.462 e. The van der Waals surface area contributed by atoms with Gasteiger partial charge in [-0.15, -0.1) is 0 Å². The molecule has 61 heavy (non-hydrogen) atoms. The van der Waals surface area contributed by atoms with Crippen LogP contribution >= 0.6 is 7.82 Å². The molecule has 0 aromatic carbocycles. The average Bonchev–Trinajstić information content (AvgIpc) is 3.25. The maximum atomic E-state index is 12.6. The smallest absolute Gasteiger partial charge is 0.462 e. The number of hydrogen-bond acceptors (Lipinski definition) is 8. The molecule has 0 fully saturated rings.